The summed E-state index contributed by atoms with van der Waals surface area (Å²) < 4.78 is 0. The van der Waals surface area contributed by atoms with Crippen molar-refractivity contribution in [1.82, 2.24) is 20.1 Å². The SMILES string of the molecule is NC(=O)CN1CCCC(Nc2nnc(-c3ccc(Cl)cc3O)c3cccnc23)C1. The van der Waals surface area contributed by atoms with Crippen LogP contribution in [0.25, 0.3) is 22.2 Å². The van der Waals surface area contributed by atoms with Crippen LogP contribution in [0, 0.1) is 0 Å². The summed E-state index contributed by atoms with van der Waals surface area (Å²) in [6, 6.07) is 8.71. The fourth-order valence-corrected chi connectivity index (χ4v) is 3.88. The lowest BCUT2D eigenvalue weighted by molar-refractivity contribution is -0.119. The van der Waals surface area contributed by atoms with Crippen LogP contribution in [0.3, 0.4) is 0 Å². The molecule has 1 aliphatic heterocycles. The molecule has 1 aromatic carbocycles. The summed E-state index contributed by atoms with van der Waals surface area (Å²) in [6.45, 7) is 1.79. The average molecular weight is 413 g/mol. The van der Waals surface area contributed by atoms with Crippen LogP contribution in [0.1, 0.15) is 12.8 Å². The first-order valence-corrected chi connectivity index (χ1v) is 9.76. The van der Waals surface area contributed by atoms with Crippen LogP contribution in [-0.4, -0.2) is 56.8 Å². The first-order chi connectivity index (χ1) is 14.0. The zero-order valence-electron chi connectivity index (χ0n) is 15.7. The first-order valence-electron chi connectivity index (χ1n) is 9.39. The van der Waals surface area contributed by atoms with Crippen LogP contribution in [0.5, 0.6) is 5.75 Å². The van der Waals surface area contributed by atoms with Gasteiger partial charge in [0.15, 0.2) is 5.82 Å². The summed E-state index contributed by atoms with van der Waals surface area (Å²) in [5.74, 6) is 0.278. The Morgan fingerprint density at radius 1 is 1.34 bits per heavy atom. The quantitative estimate of drug-likeness (QED) is 0.589. The van der Waals surface area contributed by atoms with Gasteiger partial charge in [-0.25, -0.2) is 0 Å². The maximum atomic E-state index is 11.2. The number of nitrogens with one attached hydrogen (secondary N) is 1. The van der Waals surface area contributed by atoms with E-state index in [2.05, 4.69) is 20.5 Å². The van der Waals surface area contributed by atoms with Crippen LogP contribution in [-0.2, 0) is 4.79 Å². The number of nitrogens with two attached hydrogens (primary N) is 1. The summed E-state index contributed by atoms with van der Waals surface area (Å²) >= 11 is 5.95. The van der Waals surface area contributed by atoms with Crippen LogP contribution >= 0.6 is 11.6 Å². The van der Waals surface area contributed by atoms with Crippen molar-refractivity contribution in [3.63, 3.8) is 0 Å². The van der Waals surface area contributed by atoms with Gasteiger partial charge in [-0.05, 0) is 49.7 Å². The van der Waals surface area contributed by atoms with Crippen LogP contribution in [0.2, 0.25) is 5.02 Å². The number of aromatic nitrogens is 3. The fourth-order valence-electron chi connectivity index (χ4n) is 3.72. The van der Waals surface area contributed by atoms with Gasteiger partial charge >= 0.3 is 0 Å². The van der Waals surface area contributed by atoms with Crippen molar-refractivity contribution in [3.05, 3.63) is 41.6 Å². The Morgan fingerprint density at radius 3 is 3.00 bits per heavy atom. The number of phenolic OH excluding ortho intramolecular Hbond substituents is 1. The van der Waals surface area contributed by atoms with E-state index in [-0.39, 0.29) is 24.2 Å². The van der Waals surface area contributed by atoms with Gasteiger partial charge in [0.05, 0.1) is 6.54 Å². The van der Waals surface area contributed by atoms with E-state index in [0.717, 1.165) is 24.8 Å². The van der Waals surface area contributed by atoms with E-state index in [4.69, 9.17) is 17.3 Å². The second-order valence-corrected chi connectivity index (χ2v) is 7.58. The van der Waals surface area contributed by atoms with E-state index in [1.807, 2.05) is 17.0 Å². The number of likely N-dealkylation sites (tertiary alicyclic amines) is 1. The van der Waals surface area contributed by atoms with E-state index < -0.39 is 0 Å². The van der Waals surface area contributed by atoms with Crippen molar-refractivity contribution in [1.29, 1.82) is 0 Å². The third-order valence-corrected chi connectivity index (χ3v) is 5.21. The lowest BCUT2D eigenvalue weighted by atomic mass is 10.0. The van der Waals surface area contributed by atoms with E-state index in [1.165, 1.54) is 6.07 Å². The predicted molar refractivity (Wildman–Crippen MR) is 112 cm³/mol. The summed E-state index contributed by atoms with van der Waals surface area (Å²) in [7, 11) is 0. The molecule has 9 heteroatoms. The largest absolute Gasteiger partial charge is 0.507 e. The number of hydrogen-bond acceptors (Lipinski definition) is 7. The number of fused-ring (bicyclic) bond motifs is 1. The molecule has 4 N–H and O–H groups in total. The molecule has 1 saturated heterocycles. The van der Waals surface area contributed by atoms with Crippen molar-refractivity contribution in [2.45, 2.75) is 18.9 Å². The highest BCUT2D eigenvalue weighted by molar-refractivity contribution is 6.30. The van der Waals surface area contributed by atoms with Crippen molar-refractivity contribution in [2.75, 3.05) is 25.0 Å². The molecule has 1 unspecified atom stereocenters. The van der Waals surface area contributed by atoms with E-state index >= 15 is 0 Å². The maximum absolute atomic E-state index is 11.2. The highest BCUT2D eigenvalue weighted by atomic mass is 35.5. The van der Waals surface area contributed by atoms with Gasteiger partial charge in [-0.3, -0.25) is 14.7 Å². The molecule has 1 aliphatic rings. The summed E-state index contributed by atoms with van der Waals surface area (Å²) in [4.78, 5) is 17.7. The average Bonchev–Trinajstić information content (AvgIpc) is 2.69. The second-order valence-electron chi connectivity index (χ2n) is 7.14. The van der Waals surface area contributed by atoms with E-state index in [0.29, 0.717) is 34.2 Å². The highest BCUT2D eigenvalue weighted by Crippen LogP contribution is 2.35. The second kappa shape index (κ2) is 8.18. The number of primary amides is 1. The van der Waals surface area contributed by atoms with Gasteiger partial charge in [0.25, 0.3) is 0 Å². The topological polar surface area (TPSA) is 117 Å². The Hall–Kier alpha value is -2.97. The molecule has 1 fully saturated rings. The third-order valence-electron chi connectivity index (χ3n) is 4.98. The number of phenols is 1. The highest BCUT2D eigenvalue weighted by Gasteiger charge is 2.23. The van der Waals surface area contributed by atoms with Gasteiger partial charge in [0, 0.05) is 34.8 Å². The molecule has 4 rings (SSSR count). The summed E-state index contributed by atoms with van der Waals surface area (Å²) in [5.41, 5.74) is 7.07. The number of halogens is 1. The van der Waals surface area contributed by atoms with Gasteiger partial charge in [-0.1, -0.05) is 11.6 Å². The Morgan fingerprint density at radius 2 is 2.21 bits per heavy atom. The van der Waals surface area contributed by atoms with E-state index in [1.54, 1.807) is 18.3 Å². The lowest BCUT2D eigenvalue weighted by Gasteiger charge is -2.32. The summed E-state index contributed by atoms with van der Waals surface area (Å²) in [6.07, 6.45) is 3.60. The van der Waals surface area contributed by atoms with Crippen LogP contribution < -0.4 is 11.1 Å². The molecule has 1 amide bonds. The number of aromatic hydroxyl groups is 1. The molecule has 0 saturated carbocycles. The monoisotopic (exact) mass is 412 g/mol. The molecule has 8 nitrogen and oxygen atoms in total. The van der Waals surface area contributed by atoms with Crippen molar-refractivity contribution in [3.8, 4) is 17.0 Å². The molecule has 150 valence electrons. The number of rotatable bonds is 5. The number of anilines is 1. The number of benzene rings is 1. The Labute approximate surface area is 172 Å². The number of pyridine rings is 1. The maximum Gasteiger partial charge on any atom is 0.231 e. The number of carbonyl (C=O) groups is 1. The number of nitrogens with zero attached hydrogens (tertiary/aromatic N) is 4. The van der Waals surface area contributed by atoms with Crippen molar-refractivity contribution >= 4 is 34.2 Å². The fraction of sp³-hybridized carbons (Fsp3) is 0.300. The van der Waals surface area contributed by atoms with Crippen molar-refractivity contribution < 1.29 is 9.90 Å². The van der Waals surface area contributed by atoms with Gasteiger partial charge in [-0.2, -0.15) is 0 Å². The molecule has 0 aliphatic carbocycles. The van der Waals surface area contributed by atoms with Crippen molar-refractivity contribution in [2.24, 2.45) is 5.73 Å². The Bertz CT molecular complexity index is 1060. The van der Waals surface area contributed by atoms with Crippen LogP contribution in [0.4, 0.5) is 5.82 Å². The van der Waals surface area contributed by atoms with Crippen LogP contribution in [0.15, 0.2) is 36.5 Å². The van der Waals surface area contributed by atoms with Gasteiger partial charge in [-0.15, -0.1) is 10.2 Å². The number of amides is 1. The lowest BCUT2D eigenvalue weighted by Crippen LogP contribution is -2.45. The summed E-state index contributed by atoms with van der Waals surface area (Å²) in [5, 5.41) is 23.6. The number of piperidine rings is 1. The molecule has 0 spiro atoms. The minimum Gasteiger partial charge on any atom is -0.507 e. The molecule has 2 aromatic heterocycles. The molecule has 0 radical (unpaired) electrons. The molecule has 3 heterocycles. The Balaban J connectivity index is 1.66. The smallest absolute Gasteiger partial charge is 0.231 e. The first kappa shape index (κ1) is 19.4. The zero-order valence-corrected chi connectivity index (χ0v) is 16.4. The molecule has 0 bridgehead atoms. The number of carbonyl (C=O) groups excluding carboxylic acids is 1. The van der Waals surface area contributed by atoms with Gasteiger partial charge < -0.3 is 16.2 Å². The minimum atomic E-state index is -0.329. The predicted octanol–water partition coefficient (Wildman–Crippen LogP) is 2.41. The van der Waals surface area contributed by atoms with E-state index in [9.17, 15) is 9.90 Å². The molecule has 29 heavy (non-hydrogen) atoms. The normalized spacial score (nSPS) is 17.3. The number of hydrogen-bond donors (Lipinski definition) is 3. The molecule has 3 aromatic rings. The minimum absolute atomic E-state index is 0.0343. The molecule has 1 atom stereocenters. The standard InChI is InChI=1S/C20H21ClN6O2/c21-12-5-6-14(16(28)9-12)18-15-4-1-7-23-19(15)20(26-25-18)24-13-3-2-8-27(10-13)11-17(22)29/h1,4-7,9,13,28H,2-3,8,10-11H2,(H2,22,29)(H,24,26). The zero-order chi connectivity index (χ0) is 20.4. The van der Waals surface area contributed by atoms with Gasteiger partial charge in [0.1, 0.15) is 17.0 Å². The molecular formula is C20H21ClN6O2. The third kappa shape index (κ3) is 4.23. The Kier molecular flexibility index (Phi) is 5.46. The van der Waals surface area contributed by atoms with Gasteiger partial charge in [0.2, 0.25) is 5.91 Å². The molecular weight excluding hydrogens is 392 g/mol.